The monoisotopic (exact) mass is 290 g/mol. The van der Waals surface area contributed by atoms with E-state index in [2.05, 4.69) is 19.8 Å². The first kappa shape index (κ1) is 14.3. The number of carboxylic acids is 1. The van der Waals surface area contributed by atoms with Crippen molar-refractivity contribution in [2.45, 2.75) is 25.7 Å². The Balaban J connectivity index is 1.55. The van der Waals surface area contributed by atoms with Crippen molar-refractivity contribution in [1.29, 1.82) is 0 Å². The van der Waals surface area contributed by atoms with E-state index in [9.17, 15) is 4.79 Å². The minimum atomic E-state index is -1.02. The molecule has 0 aromatic carbocycles. The third-order valence-electron chi connectivity index (χ3n) is 4.49. The highest BCUT2D eigenvalue weighted by Crippen LogP contribution is 2.23. The van der Waals surface area contributed by atoms with Crippen LogP contribution in [0.25, 0.3) is 0 Å². The number of rotatable bonds is 4. The zero-order chi connectivity index (χ0) is 14.7. The van der Waals surface area contributed by atoms with Crippen LogP contribution in [-0.4, -0.2) is 58.7 Å². The number of aromatic carboxylic acids is 1. The molecular formula is C15H22N4O2. The van der Waals surface area contributed by atoms with Crippen LogP contribution in [0.1, 0.15) is 36.2 Å². The average molecular weight is 290 g/mol. The highest BCUT2D eigenvalue weighted by atomic mass is 16.4. The van der Waals surface area contributed by atoms with E-state index in [0.29, 0.717) is 5.82 Å². The molecule has 2 aliphatic heterocycles. The predicted octanol–water partition coefficient (Wildman–Crippen LogP) is 1.49. The molecule has 2 aliphatic rings. The topological polar surface area (TPSA) is 69.6 Å². The second kappa shape index (κ2) is 6.39. The Kier molecular flexibility index (Phi) is 4.34. The van der Waals surface area contributed by atoms with Crippen molar-refractivity contribution in [3.63, 3.8) is 0 Å². The molecule has 0 spiro atoms. The highest BCUT2D eigenvalue weighted by molar-refractivity contribution is 5.85. The summed E-state index contributed by atoms with van der Waals surface area (Å²) in [4.78, 5) is 23.8. The summed E-state index contributed by atoms with van der Waals surface area (Å²) in [5.41, 5.74) is 0.0201. The molecule has 6 nitrogen and oxygen atoms in total. The molecule has 0 unspecified atom stereocenters. The molecule has 1 aromatic rings. The van der Waals surface area contributed by atoms with Gasteiger partial charge in [0.2, 0.25) is 0 Å². The molecule has 0 amide bonds. The molecule has 0 aliphatic carbocycles. The van der Waals surface area contributed by atoms with Crippen molar-refractivity contribution in [2.75, 3.05) is 37.6 Å². The van der Waals surface area contributed by atoms with Crippen LogP contribution in [0.2, 0.25) is 0 Å². The van der Waals surface area contributed by atoms with Gasteiger partial charge in [0.1, 0.15) is 5.82 Å². The van der Waals surface area contributed by atoms with Crippen LogP contribution in [0.3, 0.4) is 0 Å². The Hall–Kier alpha value is -1.69. The van der Waals surface area contributed by atoms with Crippen molar-refractivity contribution in [1.82, 2.24) is 14.9 Å². The quantitative estimate of drug-likeness (QED) is 0.906. The van der Waals surface area contributed by atoms with E-state index in [0.717, 1.165) is 31.8 Å². The summed E-state index contributed by atoms with van der Waals surface area (Å²) in [5, 5.41) is 8.98. The zero-order valence-electron chi connectivity index (χ0n) is 12.2. The second-order valence-electron chi connectivity index (χ2n) is 6.01. The van der Waals surface area contributed by atoms with Crippen LogP contribution >= 0.6 is 0 Å². The SMILES string of the molecule is O=C(O)c1cncc(N2CCC(CN3CCCC3)CC2)n1. The first-order valence-electron chi connectivity index (χ1n) is 7.75. The van der Waals surface area contributed by atoms with Gasteiger partial charge in [0, 0.05) is 19.6 Å². The largest absolute Gasteiger partial charge is 0.476 e. The van der Waals surface area contributed by atoms with Gasteiger partial charge in [-0.2, -0.15) is 0 Å². The number of aromatic nitrogens is 2. The number of nitrogens with zero attached hydrogens (tertiary/aromatic N) is 4. The summed E-state index contributed by atoms with van der Waals surface area (Å²) in [5.74, 6) is 0.428. The standard InChI is InChI=1S/C15H22N4O2/c20-15(21)13-9-16-10-14(17-13)19-7-3-12(4-8-19)11-18-5-1-2-6-18/h9-10,12H,1-8,11H2,(H,20,21). The van der Waals surface area contributed by atoms with Crippen LogP contribution in [0.5, 0.6) is 0 Å². The second-order valence-corrected chi connectivity index (χ2v) is 6.01. The molecular weight excluding hydrogens is 268 g/mol. The Morgan fingerprint density at radius 1 is 1.19 bits per heavy atom. The van der Waals surface area contributed by atoms with E-state index in [1.165, 1.54) is 38.7 Å². The third-order valence-corrected chi connectivity index (χ3v) is 4.49. The number of piperidine rings is 1. The van der Waals surface area contributed by atoms with Gasteiger partial charge in [-0.15, -0.1) is 0 Å². The van der Waals surface area contributed by atoms with E-state index in [1.54, 1.807) is 6.20 Å². The first-order valence-corrected chi connectivity index (χ1v) is 7.75. The Labute approximate surface area is 124 Å². The van der Waals surface area contributed by atoms with Gasteiger partial charge < -0.3 is 14.9 Å². The molecule has 2 fully saturated rings. The van der Waals surface area contributed by atoms with Crippen molar-refractivity contribution in [2.24, 2.45) is 5.92 Å². The molecule has 1 N–H and O–H groups in total. The minimum absolute atomic E-state index is 0.0201. The molecule has 114 valence electrons. The van der Waals surface area contributed by atoms with Gasteiger partial charge in [-0.3, -0.25) is 4.98 Å². The molecule has 0 saturated carbocycles. The molecule has 3 rings (SSSR count). The van der Waals surface area contributed by atoms with Crippen LogP contribution in [-0.2, 0) is 0 Å². The smallest absolute Gasteiger partial charge is 0.356 e. The summed E-state index contributed by atoms with van der Waals surface area (Å²) in [6.45, 7) is 5.61. The van der Waals surface area contributed by atoms with Crippen molar-refractivity contribution >= 4 is 11.8 Å². The first-order chi connectivity index (χ1) is 10.2. The maximum Gasteiger partial charge on any atom is 0.356 e. The summed E-state index contributed by atoms with van der Waals surface area (Å²) >= 11 is 0. The summed E-state index contributed by atoms with van der Waals surface area (Å²) in [6, 6.07) is 0. The minimum Gasteiger partial charge on any atom is -0.476 e. The maximum absolute atomic E-state index is 11.0. The van der Waals surface area contributed by atoms with Crippen molar-refractivity contribution in [3.05, 3.63) is 18.1 Å². The molecule has 0 bridgehead atoms. The summed E-state index contributed by atoms with van der Waals surface area (Å²) < 4.78 is 0. The van der Waals surface area contributed by atoms with Gasteiger partial charge in [0.15, 0.2) is 5.69 Å². The average Bonchev–Trinajstić information content (AvgIpc) is 3.01. The maximum atomic E-state index is 11.0. The van der Waals surface area contributed by atoms with Gasteiger partial charge in [0.05, 0.1) is 12.4 Å². The van der Waals surface area contributed by atoms with Crippen LogP contribution in [0, 0.1) is 5.92 Å². The molecule has 2 saturated heterocycles. The van der Waals surface area contributed by atoms with E-state index in [-0.39, 0.29) is 5.69 Å². The number of anilines is 1. The van der Waals surface area contributed by atoms with E-state index >= 15 is 0 Å². The fourth-order valence-electron chi connectivity index (χ4n) is 3.29. The number of likely N-dealkylation sites (tertiary alicyclic amines) is 1. The van der Waals surface area contributed by atoms with Gasteiger partial charge in [-0.05, 0) is 44.7 Å². The number of hydrogen-bond donors (Lipinski definition) is 1. The molecule has 0 atom stereocenters. The summed E-state index contributed by atoms with van der Waals surface area (Å²) in [6.07, 6.45) is 7.94. The van der Waals surface area contributed by atoms with Crippen LogP contribution in [0.15, 0.2) is 12.4 Å². The van der Waals surface area contributed by atoms with Gasteiger partial charge in [-0.1, -0.05) is 0 Å². The lowest BCUT2D eigenvalue weighted by molar-refractivity contribution is 0.0690. The van der Waals surface area contributed by atoms with Gasteiger partial charge in [-0.25, -0.2) is 9.78 Å². The van der Waals surface area contributed by atoms with E-state index in [1.807, 2.05) is 0 Å². The normalized spacial score (nSPS) is 20.9. The number of hydrogen-bond acceptors (Lipinski definition) is 5. The lowest BCUT2D eigenvalue weighted by atomic mass is 9.96. The Morgan fingerprint density at radius 2 is 1.90 bits per heavy atom. The Bertz CT molecular complexity index is 494. The van der Waals surface area contributed by atoms with Gasteiger partial charge >= 0.3 is 5.97 Å². The fraction of sp³-hybridized carbons (Fsp3) is 0.667. The molecule has 6 heteroatoms. The molecule has 1 aromatic heterocycles. The van der Waals surface area contributed by atoms with E-state index in [4.69, 9.17) is 5.11 Å². The molecule has 3 heterocycles. The molecule has 21 heavy (non-hydrogen) atoms. The third kappa shape index (κ3) is 3.50. The molecule has 0 radical (unpaired) electrons. The van der Waals surface area contributed by atoms with Crippen LogP contribution in [0.4, 0.5) is 5.82 Å². The lowest BCUT2D eigenvalue weighted by Gasteiger charge is -2.34. The van der Waals surface area contributed by atoms with Crippen LogP contribution < -0.4 is 4.90 Å². The highest BCUT2D eigenvalue weighted by Gasteiger charge is 2.24. The zero-order valence-corrected chi connectivity index (χ0v) is 12.2. The number of carbonyl (C=O) groups is 1. The summed E-state index contributed by atoms with van der Waals surface area (Å²) in [7, 11) is 0. The predicted molar refractivity (Wildman–Crippen MR) is 79.6 cm³/mol. The van der Waals surface area contributed by atoms with Crippen molar-refractivity contribution in [3.8, 4) is 0 Å². The van der Waals surface area contributed by atoms with Gasteiger partial charge in [0.25, 0.3) is 0 Å². The fourth-order valence-corrected chi connectivity index (χ4v) is 3.29. The van der Waals surface area contributed by atoms with Crippen molar-refractivity contribution < 1.29 is 9.90 Å². The Morgan fingerprint density at radius 3 is 2.57 bits per heavy atom. The van der Waals surface area contributed by atoms with E-state index < -0.39 is 5.97 Å². The number of carboxylic acid groups (broad SMARTS) is 1. The lowest BCUT2D eigenvalue weighted by Crippen LogP contribution is -2.38.